The van der Waals surface area contributed by atoms with Crippen LogP contribution in [0.3, 0.4) is 0 Å². The molecule has 0 amide bonds. The van der Waals surface area contributed by atoms with Crippen LogP contribution in [-0.4, -0.2) is 16.0 Å². The van der Waals surface area contributed by atoms with E-state index in [1.54, 1.807) is 0 Å². The molecule has 3 nitrogen and oxygen atoms in total. The zero-order chi connectivity index (χ0) is 12.0. The molecule has 2 N–H and O–H groups in total. The molecule has 0 aromatic heterocycles. The fourth-order valence-corrected chi connectivity index (χ4v) is 1.61. The molecule has 3 heteroatoms. The summed E-state index contributed by atoms with van der Waals surface area (Å²) in [4.78, 5) is 11.7. The van der Waals surface area contributed by atoms with Gasteiger partial charge in [0.05, 0.1) is 0 Å². The quantitative estimate of drug-likeness (QED) is 0.573. The van der Waals surface area contributed by atoms with Gasteiger partial charge >= 0.3 is 0 Å². The number of hydrogen-bond acceptors (Lipinski definition) is 3. The van der Waals surface area contributed by atoms with Crippen LogP contribution in [0.4, 0.5) is 0 Å². The first-order valence-corrected chi connectivity index (χ1v) is 5.69. The van der Waals surface area contributed by atoms with Crippen LogP contribution >= 0.6 is 0 Å². The van der Waals surface area contributed by atoms with Crippen molar-refractivity contribution in [2.24, 2.45) is 0 Å². The van der Waals surface area contributed by atoms with Crippen molar-refractivity contribution in [2.45, 2.75) is 39.0 Å². The smallest absolute Gasteiger partial charge is 0.163 e. The molecule has 0 aliphatic rings. The van der Waals surface area contributed by atoms with Crippen molar-refractivity contribution in [3.8, 4) is 11.5 Å². The number of phenols is 2. The van der Waals surface area contributed by atoms with E-state index in [9.17, 15) is 15.0 Å². The summed E-state index contributed by atoms with van der Waals surface area (Å²) in [6, 6.07) is 4.00. The third kappa shape index (κ3) is 3.93. The van der Waals surface area contributed by atoms with Crippen molar-refractivity contribution in [1.29, 1.82) is 0 Å². The van der Waals surface area contributed by atoms with Crippen LogP contribution in [0.15, 0.2) is 18.2 Å². The molecule has 1 aromatic rings. The van der Waals surface area contributed by atoms with Gasteiger partial charge < -0.3 is 10.2 Å². The Kier molecular flexibility index (Phi) is 4.83. The van der Waals surface area contributed by atoms with Gasteiger partial charge in [-0.2, -0.15) is 0 Å². The first-order chi connectivity index (χ1) is 7.63. The molecule has 0 aliphatic carbocycles. The van der Waals surface area contributed by atoms with Gasteiger partial charge in [0.1, 0.15) is 11.5 Å². The fraction of sp³-hybridized carbons (Fsp3) is 0.462. The zero-order valence-electron chi connectivity index (χ0n) is 9.57. The van der Waals surface area contributed by atoms with Gasteiger partial charge in [-0.05, 0) is 18.6 Å². The number of carbonyl (C=O) groups is 1. The van der Waals surface area contributed by atoms with E-state index in [0.717, 1.165) is 25.7 Å². The molecule has 0 fully saturated rings. The largest absolute Gasteiger partial charge is 0.508 e. The molecule has 0 bridgehead atoms. The molecule has 0 aliphatic heterocycles. The Labute approximate surface area is 95.7 Å². The normalized spacial score (nSPS) is 10.3. The molecule has 1 rings (SSSR count). The highest BCUT2D eigenvalue weighted by atomic mass is 16.3. The minimum atomic E-state index is -0.0723. The maximum absolute atomic E-state index is 11.7. The summed E-state index contributed by atoms with van der Waals surface area (Å²) in [6.45, 7) is 2.12. The summed E-state index contributed by atoms with van der Waals surface area (Å²) >= 11 is 0. The van der Waals surface area contributed by atoms with E-state index in [2.05, 4.69) is 6.92 Å². The van der Waals surface area contributed by atoms with Crippen LogP contribution in [0, 0.1) is 0 Å². The maximum Gasteiger partial charge on any atom is 0.163 e. The highest BCUT2D eigenvalue weighted by molar-refractivity contribution is 5.96. The molecule has 0 saturated carbocycles. The molecule has 0 unspecified atom stereocenters. The minimum Gasteiger partial charge on any atom is -0.508 e. The van der Waals surface area contributed by atoms with Gasteiger partial charge in [-0.1, -0.05) is 26.2 Å². The Morgan fingerprint density at radius 3 is 2.25 bits per heavy atom. The molecule has 16 heavy (non-hydrogen) atoms. The Hall–Kier alpha value is -1.51. The van der Waals surface area contributed by atoms with Crippen molar-refractivity contribution >= 4 is 5.78 Å². The summed E-state index contributed by atoms with van der Waals surface area (Å²) in [5, 5.41) is 18.5. The van der Waals surface area contributed by atoms with Crippen molar-refractivity contribution in [3.63, 3.8) is 0 Å². The monoisotopic (exact) mass is 222 g/mol. The lowest BCUT2D eigenvalue weighted by Gasteiger charge is -2.03. The molecule has 0 spiro atoms. The molecule has 0 radical (unpaired) electrons. The number of unbranched alkanes of at least 4 members (excludes halogenated alkanes) is 3. The predicted octanol–water partition coefficient (Wildman–Crippen LogP) is 3.25. The topological polar surface area (TPSA) is 57.5 Å². The van der Waals surface area contributed by atoms with Gasteiger partial charge in [0, 0.05) is 18.1 Å². The number of benzene rings is 1. The SMILES string of the molecule is CCCCCCC(=O)c1cc(O)cc(O)c1. The van der Waals surface area contributed by atoms with E-state index < -0.39 is 0 Å². The van der Waals surface area contributed by atoms with E-state index >= 15 is 0 Å². The van der Waals surface area contributed by atoms with Crippen molar-refractivity contribution in [1.82, 2.24) is 0 Å². The lowest BCUT2D eigenvalue weighted by atomic mass is 10.0. The van der Waals surface area contributed by atoms with Crippen molar-refractivity contribution < 1.29 is 15.0 Å². The Morgan fingerprint density at radius 1 is 1.06 bits per heavy atom. The number of carbonyl (C=O) groups excluding carboxylic acids is 1. The lowest BCUT2D eigenvalue weighted by Crippen LogP contribution is -1.98. The third-order valence-corrected chi connectivity index (χ3v) is 2.48. The Balaban J connectivity index is 2.52. The van der Waals surface area contributed by atoms with Crippen molar-refractivity contribution in [3.05, 3.63) is 23.8 Å². The number of hydrogen-bond donors (Lipinski definition) is 2. The minimum absolute atomic E-state index is 0.0256. The summed E-state index contributed by atoms with van der Waals surface area (Å²) in [5.41, 5.74) is 0.383. The second-order valence-electron chi connectivity index (χ2n) is 3.97. The summed E-state index contributed by atoms with van der Waals surface area (Å²) < 4.78 is 0. The first-order valence-electron chi connectivity index (χ1n) is 5.69. The highest BCUT2D eigenvalue weighted by Gasteiger charge is 2.08. The zero-order valence-corrected chi connectivity index (χ0v) is 9.57. The maximum atomic E-state index is 11.7. The fourth-order valence-electron chi connectivity index (χ4n) is 1.61. The standard InChI is InChI=1S/C13H18O3/c1-2-3-4-5-6-13(16)10-7-11(14)9-12(15)8-10/h7-9,14-15H,2-6H2,1H3. The van der Waals surface area contributed by atoms with Gasteiger partial charge in [-0.3, -0.25) is 4.79 Å². The van der Waals surface area contributed by atoms with Gasteiger partial charge in [-0.25, -0.2) is 0 Å². The number of Topliss-reactive ketones (excluding diaryl/α,β-unsaturated/α-hetero) is 1. The van der Waals surface area contributed by atoms with Gasteiger partial charge in [0.15, 0.2) is 5.78 Å². The van der Waals surface area contributed by atoms with Crippen LogP contribution in [0.25, 0.3) is 0 Å². The average molecular weight is 222 g/mol. The average Bonchev–Trinajstić information content (AvgIpc) is 2.22. The van der Waals surface area contributed by atoms with Crippen molar-refractivity contribution in [2.75, 3.05) is 0 Å². The Morgan fingerprint density at radius 2 is 1.69 bits per heavy atom. The third-order valence-electron chi connectivity index (χ3n) is 2.48. The summed E-state index contributed by atoms with van der Waals surface area (Å²) in [7, 11) is 0. The molecular formula is C13H18O3. The first kappa shape index (κ1) is 12.6. The van der Waals surface area contributed by atoms with E-state index in [0.29, 0.717) is 12.0 Å². The number of ketones is 1. The number of aromatic hydroxyl groups is 2. The summed E-state index contributed by atoms with van der Waals surface area (Å²) in [5.74, 6) is -0.170. The molecule has 0 atom stereocenters. The predicted molar refractivity (Wildman–Crippen MR) is 62.9 cm³/mol. The second-order valence-corrected chi connectivity index (χ2v) is 3.97. The Bertz CT molecular complexity index is 338. The highest BCUT2D eigenvalue weighted by Crippen LogP contribution is 2.21. The van der Waals surface area contributed by atoms with E-state index in [1.807, 2.05) is 0 Å². The van der Waals surface area contributed by atoms with Gasteiger partial charge in [-0.15, -0.1) is 0 Å². The van der Waals surface area contributed by atoms with E-state index in [-0.39, 0.29) is 17.3 Å². The number of rotatable bonds is 6. The summed E-state index contributed by atoms with van der Waals surface area (Å²) in [6.07, 6.45) is 4.67. The lowest BCUT2D eigenvalue weighted by molar-refractivity contribution is 0.0978. The molecular weight excluding hydrogens is 204 g/mol. The second kappa shape index (κ2) is 6.16. The van der Waals surface area contributed by atoms with Crippen LogP contribution in [-0.2, 0) is 0 Å². The van der Waals surface area contributed by atoms with Crippen LogP contribution < -0.4 is 0 Å². The van der Waals surface area contributed by atoms with Gasteiger partial charge in [0.25, 0.3) is 0 Å². The number of phenolic OH excluding ortho intramolecular Hbond substituents is 2. The van der Waals surface area contributed by atoms with Crippen LogP contribution in [0.2, 0.25) is 0 Å². The van der Waals surface area contributed by atoms with E-state index in [1.165, 1.54) is 18.2 Å². The van der Waals surface area contributed by atoms with Crippen LogP contribution in [0.5, 0.6) is 11.5 Å². The van der Waals surface area contributed by atoms with Gasteiger partial charge in [0.2, 0.25) is 0 Å². The van der Waals surface area contributed by atoms with Crippen LogP contribution in [0.1, 0.15) is 49.4 Å². The molecule has 1 aromatic carbocycles. The van der Waals surface area contributed by atoms with E-state index in [4.69, 9.17) is 0 Å². The molecule has 88 valence electrons. The molecule has 0 saturated heterocycles. The molecule has 0 heterocycles.